The first-order valence-corrected chi connectivity index (χ1v) is 7.69. The van der Waals surface area contributed by atoms with Gasteiger partial charge in [0, 0.05) is 17.6 Å². The van der Waals surface area contributed by atoms with Crippen LogP contribution in [-0.2, 0) is 4.79 Å². The predicted octanol–water partition coefficient (Wildman–Crippen LogP) is 3.27. The molecule has 1 N–H and O–H groups in total. The molecule has 1 heterocycles. The molecule has 0 fully saturated rings. The van der Waals surface area contributed by atoms with Crippen molar-refractivity contribution in [3.63, 3.8) is 0 Å². The highest BCUT2D eigenvalue weighted by Crippen LogP contribution is 2.29. The Kier molecular flexibility index (Phi) is 4.99. The molecule has 6 heteroatoms. The molecule has 3 aromatic rings. The molecular formula is C19H18N2O4. The number of anilines is 1. The number of methoxy groups -OCH3 is 2. The summed E-state index contributed by atoms with van der Waals surface area (Å²) in [4.78, 5) is 16.5. The van der Waals surface area contributed by atoms with Crippen LogP contribution < -0.4 is 19.5 Å². The second-order valence-corrected chi connectivity index (χ2v) is 5.23. The largest absolute Gasteiger partial charge is 0.497 e. The van der Waals surface area contributed by atoms with Crippen molar-refractivity contribution in [2.45, 2.75) is 0 Å². The number of pyridine rings is 1. The number of hydrogen-bond acceptors (Lipinski definition) is 5. The second-order valence-electron chi connectivity index (χ2n) is 5.23. The minimum absolute atomic E-state index is 0.143. The fourth-order valence-electron chi connectivity index (χ4n) is 2.43. The molecule has 0 saturated carbocycles. The highest BCUT2D eigenvalue weighted by molar-refractivity contribution is 5.94. The maximum atomic E-state index is 12.2. The summed E-state index contributed by atoms with van der Waals surface area (Å²) in [6, 6.07) is 14.6. The molecule has 3 rings (SSSR count). The van der Waals surface area contributed by atoms with Crippen molar-refractivity contribution in [3.05, 3.63) is 54.7 Å². The molecule has 0 radical (unpaired) electrons. The van der Waals surface area contributed by atoms with E-state index in [2.05, 4.69) is 10.3 Å². The van der Waals surface area contributed by atoms with Crippen molar-refractivity contribution in [1.82, 2.24) is 4.98 Å². The number of fused-ring (bicyclic) bond motifs is 1. The van der Waals surface area contributed by atoms with Gasteiger partial charge in [-0.2, -0.15) is 0 Å². The number of ether oxygens (including phenoxy) is 3. The fourth-order valence-corrected chi connectivity index (χ4v) is 2.43. The smallest absolute Gasteiger partial charge is 0.262 e. The molecule has 0 aliphatic carbocycles. The van der Waals surface area contributed by atoms with Gasteiger partial charge >= 0.3 is 0 Å². The molecule has 0 spiro atoms. The van der Waals surface area contributed by atoms with E-state index < -0.39 is 0 Å². The van der Waals surface area contributed by atoms with E-state index in [1.807, 2.05) is 24.3 Å². The van der Waals surface area contributed by atoms with Crippen LogP contribution in [0.5, 0.6) is 17.2 Å². The SMILES string of the molecule is COc1ccc(OC)c(NC(=O)COc2cccc3cccnc23)c1. The minimum atomic E-state index is -0.306. The molecule has 1 aromatic heterocycles. The molecular weight excluding hydrogens is 320 g/mol. The van der Waals surface area contributed by atoms with Crippen LogP contribution in [0.2, 0.25) is 0 Å². The van der Waals surface area contributed by atoms with Crippen LogP contribution in [0, 0.1) is 0 Å². The minimum Gasteiger partial charge on any atom is -0.497 e. The zero-order chi connectivity index (χ0) is 17.6. The molecule has 0 unspecified atom stereocenters. The van der Waals surface area contributed by atoms with Crippen molar-refractivity contribution >= 4 is 22.5 Å². The Labute approximate surface area is 145 Å². The highest BCUT2D eigenvalue weighted by atomic mass is 16.5. The van der Waals surface area contributed by atoms with E-state index in [1.54, 1.807) is 37.6 Å². The number of rotatable bonds is 6. The Hall–Kier alpha value is -3.28. The Morgan fingerprint density at radius 1 is 1.04 bits per heavy atom. The topological polar surface area (TPSA) is 69.7 Å². The lowest BCUT2D eigenvalue weighted by Crippen LogP contribution is -2.20. The molecule has 25 heavy (non-hydrogen) atoms. The molecule has 6 nitrogen and oxygen atoms in total. The zero-order valence-electron chi connectivity index (χ0n) is 14.0. The third-order valence-electron chi connectivity index (χ3n) is 3.64. The Morgan fingerprint density at radius 2 is 1.88 bits per heavy atom. The van der Waals surface area contributed by atoms with Gasteiger partial charge in [0.15, 0.2) is 6.61 Å². The van der Waals surface area contributed by atoms with Gasteiger partial charge in [-0.15, -0.1) is 0 Å². The van der Waals surface area contributed by atoms with Gasteiger partial charge in [-0.3, -0.25) is 9.78 Å². The third kappa shape index (κ3) is 3.80. The van der Waals surface area contributed by atoms with Crippen LogP contribution in [0.15, 0.2) is 54.7 Å². The standard InChI is InChI=1S/C19H18N2O4/c1-23-14-8-9-16(24-2)15(11-14)21-18(22)12-25-17-7-3-5-13-6-4-10-20-19(13)17/h3-11H,12H2,1-2H3,(H,21,22). The second kappa shape index (κ2) is 7.53. The molecule has 128 valence electrons. The Bertz CT molecular complexity index is 890. The number of amides is 1. The lowest BCUT2D eigenvalue weighted by atomic mass is 10.2. The van der Waals surface area contributed by atoms with Gasteiger partial charge in [0.05, 0.1) is 19.9 Å². The monoisotopic (exact) mass is 338 g/mol. The molecule has 0 bridgehead atoms. The number of benzene rings is 2. The van der Waals surface area contributed by atoms with Crippen LogP contribution in [0.1, 0.15) is 0 Å². The Morgan fingerprint density at radius 3 is 2.68 bits per heavy atom. The van der Waals surface area contributed by atoms with Crippen LogP contribution in [0.4, 0.5) is 5.69 Å². The van der Waals surface area contributed by atoms with Gasteiger partial charge in [-0.1, -0.05) is 18.2 Å². The van der Waals surface area contributed by atoms with E-state index in [-0.39, 0.29) is 12.5 Å². The average Bonchev–Trinajstić information content (AvgIpc) is 2.66. The van der Waals surface area contributed by atoms with Crippen LogP contribution in [0.25, 0.3) is 10.9 Å². The summed E-state index contributed by atoms with van der Waals surface area (Å²) < 4.78 is 16.0. The van der Waals surface area contributed by atoms with Crippen molar-refractivity contribution in [1.29, 1.82) is 0 Å². The van der Waals surface area contributed by atoms with Gasteiger partial charge in [-0.25, -0.2) is 0 Å². The fraction of sp³-hybridized carbons (Fsp3) is 0.158. The number of aromatic nitrogens is 1. The van der Waals surface area contributed by atoms with Crippen LogP contribution in [-0.4, -0.2) is 31.7 Å². The summed E-state index contributed by atoms with van der Waals surface area (Å²) in [6.45, 7) is -0.143. The maximum Gasteiger partial charge on any atom is 0.262 e. The van der Waals surface area contributed by atoms with Crippen molar-refractivity contribution in [2.24, 2.45) is 0 Å². The summed E-state index contributed by atoms with van der Waals surface area (Å²) in [6.07, 6.45) is 1.69. The molecule has 0 aliphatic heterocycles. The first kappa shape index (κ1) is 16.6. The molecule has 2 aromatic carbocycles. The quantitative estimate of drug-likeness (QED) is 0.747. The number of hydrogen-bond donors (Lipinski definition) is 1. The van der Waals surface area contributed by atoms with Gasteiger partial charge in [0.25, 0.3) is 5.91 Å². The molecule has 0 aliphatic rings. The predicted molar refractivity (Wildman–Crippen MR) is 95.4 cm³/mol. The number of para-hydroxylation sites is 1. The molecule has 1 amide bonds. The summed E-state index contributed by atoms with van der Waals surface area (Å²) in [5, 5.41) is 3.72. The number of nitrogens with one attached hydrogen (secondary N) is 1. The maximum absolute atomic E-state index is 12.2. The average molecular weight is 338 g/mol. The van der Waals surface area contributed by atoms with Crippen molar-refractivity contribution in [3.8, 4) is 17.2 Å². The van der Waals surface area contributed by atoms with Crippen molar-refractivity contribution in [2.75, 3.05) is 26.1 Å². The number of nitrogens with zero attached hydrogens (tertiary/aromatic N) is 1. The van der Waals surface area contributed by atoms with Gasteiger partial charge in [-0.05, 0) is 24.3 Å². The zero-order valence-corrected chi connectivity index (χ0v) is 14.0. The summed E-state index contributed by atoms with van der Waals surface area (Å²) in [5.74, 6) is 1.42. The molecule has 0 saturated heterocycles. The highest BCUT2D eigenvalue weighted by Gasteiger charge is 2.11. The van der Waals surface area contributed by atoms with Gasteiger partial charge in [0.2, 0.25) is 0 Å². The van der Waals surface area contributed by atoms with E-state index in [0.717, 1.165) is 10.9 Å². The number of carbonyl (C=O) groups excluding carboxylic acids is 1. The van der Waals surface area contributed by atoms with Crippen molar-refractivity contribution < 1.29 is 19.0 Å². The summed E-state index contributed by atoms with van der Waals surface area (Å²) in [7, 11) is 3.10. The van der Waals surface area contributed by atoms with E-state index >= 15 is 0 Å². The van der Waals surface area contributed by atoms with E-state index in [0.29, 0.717) is 22.9 Å². The first-order chi connectivity index (χ1) is 12.2. The molecule has 0 atom stereocenters. The summed E-state index contributed by atoms with van der Waals surface area (Å²) in [5.41, 5.74) is 1.24. The first-order valence-electron chi connectivity index (χ1n) is 7.69. The Balaban J connectivity index is 1.71. The van der Waals surface area contributed by atoms with Gasteiger partial charge < -0.3 is 19.5 Å². The van der Waals surface area contributed by atoms with Gasteiger partial charge in [0.1, 0.15) is 22.8 Å². The van der Waals surface area contributed by atoms with Crippen LogP contribution >= 0.6 is 0 Å². The van der Waals surface area contributed by atoms with E-state index in [9.17, 15) is 4.79 Å². The van der Waals surface area contributed by atoms with E-state index in [4.69, 9.17) is 14.2 Å². The summed E-state index contributed by atoms with van der Waals surface area (Å²) >= 11 is 0. The van der Waals surface area contributed by atoms with E-state index in [1.165, 1.54) is 7.11 Å². The lowest BCUT2D eigenvalue weighted by molar-refractivity contribution is -0.118. The number of carbonyl (C=O) groups is 1. The van der Waals surface area contributed by atoms with Crippen LogP contribution in [0.3, 0.4) is 0 Å². The third-order valence-corrected chi connectivity index (χ3v) is 3.64. The normalized spacial score (nSPS) is 10.3. The lowest BCUT2D eigenvalue weighted by Gasteiger charge is -2.12.